The molecule has 0 unspecified atom stereocenters. The van der Waals surface area contributed by atoms with E-state index in [1.807, 2.05) is 0 Å². The Morgan fingerprint density at radius 3 is 2.52 bits per heavy atom. The van der Waals surface area contributed by atoms with Crippen molar-refractivity contribution in [3.8, 4) is 0 Å². The van der Waals surface area contributed by atoms with Gasteiger partial charge in [0.1, 0.15) is 5.82 Å². The van der Waals surface area contributed by atoms with Crippen LogP contribution in [-0.2, 0) is 0 Å². The lowest BCUT2D eigenvalue weighted by molar-refractivity contribution is 0.0984. The fourth-order valence-electron chi connectivity index (χ4n) is 2.87. The molecule has 156 valence electrons. The summed E-state index contributed by atoms with van der Waals surface area (Å²) in [7, 11) is 0. The minimum Gasteiger partial charge on any atom is -0.302 e. The lowest BCUT2D eigenvalue weighted by Crippen LogP contribution is -2.39. The fourth-order valence-corrected chi connectivity index (χ4v) is 4.26. The van der Waals surface area contributed by atoms with Gasteiger partial charge in [0.2, 0.25) is 0 Å². The maximum Gasteiger partial charge on any atom is 0.261 e. The molecule has 0 aliphatic carbocycles. The average Bonchev–Trinajstić information content (AvgIpc) is 3.09. The third kappa shape index (κ3) is 5.58. The third-order valence-electron chi connectivity index (χ3n) is 4.51. The minimum atomic E-state index is -0.332. The molecular weight excluding hydrogens is 456 g/mol. The maximum absolute atomic E-state index is 13.6. The standard InChI is InChI=1S/C20H20Cl2FN3OS.ClH/c1-3-25(4-2)9-10-26(19(27)15-11-13(21)5-7-16(15)22)20-24-17-8-6-14(23)12-18(17)28-20;/h5-8,11-12H,3-4,9-10H2,1-2H3;1H. The predicted octanol–water partition coefficient (Wildman–Crippen LogP) is 6.15. The Morgan fingerprint density at radius 1 is 1.10 bits per heavy atom. The van der Waals surface area contributed by atoms with Gasteiger partial charge in [-0.25, -0.2) is 9.37 Å². The van der Waals surface area contributed by atoms with Gasteiger partial charge in [-0.15, -0.1) is 12.4 Å². The number of halogens is 4. The van der Waals surface area contributed by atoms with Gasteiger partial charge in [-0.3, -0.25) is 9.69 Å². The number of hydrogen-bond donors (Lipinski definition) is 0. The second-order valence-corrected chi connectivity index (χ2v) is 8.07. The van der Waals surface area contributed by atoms with Gasteiger partial charge in [0.15, 0.2) is 5.13 Å². The van der Waals surface area contributed by atoms with Crippen LogP contribution in [0.2, 0.25) is 10.0 Å². The van der Waals surface area contributed by atoms with Crippen LogP contribution in [-0.4, -0.2) is 42.0 Å². The normalized spacial score (nSPS) is 11.0. The first-order chi connectivity index (χ1) is 13.4. The largest absolute Gasteiger partial charge is 0.302 e. The molecule has 0 fully saturated rings. The second-order valence-electron chi connectivity index (χ2n) is 6.22. The van der Waals surface area contributed by atoms with Gasteiger partial charge >= 0.3 is 0 Å². The van der Waals surface area contributed by atoms with Crippen molar-refractivity contribution in [2.45, 2.75) is 13.8 Å². The number of carbonyl (C=O) groups excluding carboxylic acids is 1. The molecule has 1 amide bonds. The summed E-state index contributed by atoms with van der Waals surface area (Å²) in [5.41, 5.74) is 0.971. The van der Waals surface area contributed by atoms with Crippen LogP contribution >= 0.6 is 46.9 Å². The lowest BCUT2D eigenvalue weighted by atomic mass is 10.2. The molecule has 0 radical (unpaired) electrons. The number of fused-ring (bicyclic) bond motifs is 1. The monoisotopic (exact) mass is 475 g/mol. The summed E-state index contributed by atoms with van der Waals surface area (Å²) < 4.78 is 14.3. The molecule has 0 aliphatic heterocycles. The summed E-state index contributed by atoms with van der Waals surface area (Å²) in [4.78, 5) is 21.7. The van der Waals surface area contributed by atoms with Crippen molar-refractivity contribution < 1.29 is 9.18 Å². The highest BCUT2D eigenvalue weighted by Crippen LogP contribution is 2.31. The van der Waals surface area contributed by atoms with Crippen LogP contribution in [0.4, 0.5) is 9.52 Å². The highest BCUT2D eigenvalue weighted by molar-refractivity contribution is 7.22. The van der Waals surface area contributed by atoms with Crippen molar-refractivity contribution >= 4 is 68.2 Å². The second kappa shape index (κ2) is 10.5. The number of amides is 1. The summed E-state index contributed by atoms with van der Waals surface area (Å²) in [6.07, 6.45) is 0. The maximum atomic E-state index is 13.6. The van der Waals surface area contributed by atoms with Crippen LogP contribution in [0, 0.1) is 5.82 Å². The average molecular weight is 477 g/mol. The van der Waals surface area contributed by atoms with Crippen LogP contribution in [0.1, 0.15) is 24.2 Å². The highest BCUT2D eigenvalue weighted by Gasteiger charge is 2.24. The van der Waals surface area contributed by atoms with E-state index in [0.717, 1.165) is 13.1 Å². The van der Waals surface area contributed by atoms with Crippen LogP contribution in [0.3, 0.4) is 0 Å². The van der Waals surface area contributed by atoms with E-state index < -0.39 is 0 Å². The Labute approximate surface area is 189 Å². The van der Waals surface area contributed by atoms with E-state index in [4.69, 9.17) is 23.2 Å². The Hall–Kier alpha value is -1.44. The molecule has 2 aromatic carbocycles. The van der Waals surface area contributed by atoms with E-state index in [-0.39, 0.29) is 24.1 Å². The molecule has 1 heterocycles. The minimum absolute atomic E-state index is 0. The summed E-state index contributed by atoms with van der Waals surface area (Å²) in [5, 5.41) is 1.27. The first-order valence-corrected chi connectivity index (χ1v) is 10.6. The van der Waals surface area contributed by atoms with Gasteiger partial charge in [0, 0.05) is 18.1 Å². The molecule has 0 atom stereocenters. The zero-order valence-corrected chi connectivity index (χ0v) is 19.1. The molecule has 0 saturated heterocycles. The van der Waals surface area contributed by atoms with Gasteiger partial charge in [-0.2, -0.15) is 0 Å². The number of nitrogens with zero attached hydrogens (tertiary/aromatic N) is 3. The van der Waals surface area contributed by atoms with Crippen molar-refractivity contribution in [3.63, 3.8) is 0 Å². The van der Waals surface area contributed by atoms with Crippen LogP contribution in [0.5, 0.6) is 0 Å². The van der Waals surface area contributed by atoms with E-state index in [1.54, 1.807) is 29.2 Å². The number of carbonyl (C=O) groups is 1. The van der Waals surface area contributed by atoms with E-state index in [2.05, 4.69) is 23.7 Å². The third-order valence-corrected chi connectivity index (χ3v) is 6.11. The molecule has 3 aromatic rings. The summed E-state index contributed by atoms with van der Waals surface area (Å²) in [6.45, 7) is 7.02. The molecule has 0 saturated carbocycles. The Kier molecular flexibility index (Phi) is 8.67. The topological polar surface area (TPSA) is 36.4 Å². The van der Waals surface area contributed by atoms with Gasteiger partial charge in [-0.1, -0.05) is 48.4 Å². The van der Waals surface area contributed by atoms with E-state index in [0.29, 0.717) is 44.0 Å². The Balaban J connectivity index is 0.00000300. The number of benzene rings is 2. The molecular formula is C20H21Cl3FN3OS. The van der Waals surface area contributed by atoms with Gasteiger partial charge in [-0.05, 0) is 49.5 Å². The summed E-state index contributed by atoms with van der Waals surface area (Å²) in [6, 6.07) is 9.21. The van der Waals surface area contributed by atoms with Crippen LogP contribution in [0.25, 0.3) is 10.2 Å². The molecule has 3 rings (SSSR count). The molecule has 0 bridgehead atoms. The summed E-state index contributed by atoms with van der Waals surface area (Å²) >= 11 is 13.6. The number of rotatable bonds is 7. The SMILES string of the molecule is CCN(CC)CCN(C(=O)c1cc(Cl)ccc1Cl)c1nc2ccc(F)cc2s1.Cl. The number of thiazole rings is 1. The Morgan fingerprint density at radius 2 is 1.83 bits per heavy atom. The highest BCUT2D eigenvalue weighted by atomic mass is 35.5. The van der Waals surface area contributed by atoms with E-state index in [1.165, 1.54) is 23.5 Å². The first-order valence-electron chi connectivity index (χ1n) is 8.98. The first kappa shape index (κ1) is 23.8. The van der Waals surface area contributed by atoms with Crippen molar-refractivity contribution in [2.75, 3.05) is 31.1 Å². The number of aromatic nitrogens is 1. The zero-order chi connectivity index (χ0) is 20.3. The molecule has 0 aliphatic rings. The molecule has 1 aromatic heterocycles. The number of hydrogen-bond acceptors (Lipinski definition) is 4. The molecule has 9 heteroatoms. The van der Waals surface area contributed by atoms with Crippen LogP contribution in [0.15, 0.2) is 36.4 Å². The van der Waals surface area contributed by atoms with Gasteiger partial charge in [0.05, 0.1) is 20.8 Å². The number of anilines is 1. The summed E-state index contributed by atoms with van der Waals surface area (Å²) in [5.74, 6) is -0.610. The smallest absolute Gasteiger partial charge is 0.261 e. The number of likely N-dealkylation sites (N-methyl/N-ethyl adjacent to an activating group) is 1. The van der Waals surface area contributed by atoms with E-state index in [9.17, 15) is 9.18 Å². The molecule has 0 N–H and O–H groups in total. The molecule has 4 nitrogen and oxygen atoms in total. The molecule has 0 spiro atoms. The van der Waals surface area contributed by atoms with Crippen LogP contribution < -0.4 is 4.90 Å². The van der Waals surface area contributed by atoms with Crippen molar-refractivity contribution in [3.05, 3.63) is 57.8 Å². The van der Waals surface area contributed by atoms with Crippen molar-refractivity contribution in [2.24, 2.45) is 0 Å². The lowest BCUT2D eigenvalue weighted by Gasteiger charge is -2.25. The van der Waals surface area contributed by atoms with E-state index >= 15 is 0 Å². The van der Waals surface area contributed by atoms with Gasteiger partial charge < -0.3 is 4.90 Å². The van der Waals surface area contributed by atoms with Crippen molar-refractivity contribution in [1.29, 1.82) is 0 Å². The zero-order valence-electron chi connectivity index (χ0n) is 16.0. The van der Waals surface area contributed by atoms with Gasteiger partial charge in [0.25, 0.3) is 5.91 Å². The molecule has 29 heavy (non-hydrogen) atoms. The fraction of sp³-hybridized carbons (Fsp3) is 0.300. The Bertz CT molecular complexity index is 994. The quantitative estimate of drug-likeness (QED) is 0.410. The predicted molar refractivity (Wildman–Crippen MR) is 123 cm³/mol. The van der Waals surface area contributed by atoms with Crippen molar-refractivity contribution in [1.82, 2.24) is 9.88 Å².